The van der Waals surface area contributed by atoms with Gasteiger partial charge in [0.15, 0.2) is 11.0 Å². The Kier molecular flexibility index (Phi) is 4.44. The Bertz CT molecular complexity index is 420. The van der Waals surface area contributed by atoms with Gasteiger partial charge >= 0.3 is 0 Å². The molecule has 1 aliphatic carbocycles. The van der Waals surface area contributed by atoms with E-state index < -0.39 is 0 Å². The fourth-order valence-electron chi connectivity index (χ4n) is 2.65. The van der Waals surface area contributed by atoms with Gasteiger partial charge in [-0.05, 0) is 32.6 Å². The van der Waals surface area contributed by atoms with E-state index in [1.807, 2.05) is 13.8 Å². The van der Waals surface area contributed by atoms with Crippen LogP contribution in [0.25, 0.3) is 0 Å². The number of anilines is 1. The molecular weight excluding hydrogens is 246 g/mol. The van der Waals surface area contributed by atoms with Crippen LogP contribution in [0.4, 0.5) is 5.82 Å². The van der Waals surface area contributed by atoms with E-state index in [1.54, 1.807) is 0 Å². The maximum Gasteiger partial charge on any atom is 0.171 e. The second-order valence-corrected chi connectivity index (χ2v) is 5.67. The molecule has 0 amide bonds. The van der Waals surface area contributed by atoms with Crippen LogP contribution in [0.2, 0.25) is 5.15 Å². The molecule has 1 saturated carbocycles. The van der Waals surface area contributed by atoms with Crippen LogP contribution in [0.1, 0.15) is 50.4 Å². The molecule has 1 aromatic rings. The second-order valence-electron chi connectivity index (χ2n) is 5.32. The molecule has 18 heavy (non-hydrogen) atoms. The van der Waals surface area contributed by atoms with Crippen molar-refractivity contribution in [2.45, 2.75) is 58.9 Å². The van der Waals surface area contributed by atoms with Gasteiger partial charge in [-0.25, -0.2) is 9.97 Å². The molecule has 0 saturated heterocycles. The average Bonchev–Trinajstić information content (AvgIpc) is 2.36. The summed E-state index contributed by atoms with van der Waals surface area (Å²) in [5, 5.41) is 3.97. The molecule has 2 rings (SSSR count). The van der Waals surface area contributed by atoms with E-state index >= 15 is 0 Å². The van der Waals surface area contributed by atoms with E-state index in [-0.39, 0.29) is 0 Å². The molecule has 0 aromatic carbocycles. The van der Waals surface area contributed by atoms with Crippen molar-refractivity contribution in [2.24, 2.45) is 5.92 Å². The summed E-state index contributed by atoms with van der Waals surface area (Å²) in [5.41, 5.74) is 1.85. The van der Waals surface area contributed by atoms with Crippen molar-refractivity contribution in [3.05, 3.63) is 16.5 Å². The minimum absolute atomic E-state index is 0.497. The average molecular weight is 268 g/mol. The molecule has 3 nitrogen and oxygen atoms in total. The first-order chi connectivity index (χ1) is 8.60. The third-order valence-corrected chi connectivity index (χ3v) is 4.23. The first kappa shape index (κ1) is 13.6. The van der Waals surface area contributed by atoms with Gasteiger partial charge in [-0.15, -0.1) is 0 Å². The smallest absolute Gasteiger partial charge is 0.171 e. The van der Waals surface area contributed by atoms with Crippen LogP contribution < -0.4 is 5.32 Å². The number of nitrogens with zero attached hydrogens (tertiary/aromatic N) is 2. The number of aryl methyl sites for hydroxylation is 2. The van der Waals surface area contributed by atoms with Gasteiger partial charge in [0.05, 0.1) is 11.4 Å². The molecule has 1 N–H and O–H groups in total. The number of hydrogen-bond donors (Lipinski definition) is 1. The van der Waals surface area contributed by atoms with Crippen molar-refractivity contribution in [1.82, 2.24) is 9.97 Å². The zero-order chi connectivity index (χ0) is 13.1. The first-order valence-electron chi connectivity index (χ1n) is 6.87. The van der Waals surface area contributed by atoms with Crippen molar-refractivity contribution >= 4 is 17.4 Å². The third kappa shape index (κ3) is 3.14. The van der Waals surface area contributed by atoms with Crippen LogP contribution >= 0.6 is 11.6 Å². The topological polar surface area (TPSA) is 37.8 Å². The lowest BCUT2D eigenvalue weighted by atomic mass is 9.84. The van der Waals surface area contributed by atoms with Gasteiger partial charge in [0, 0.05) is 6.04 Å². The number of aromatic nitrogens is 2. The summed E-state index contributed by atoms with van der Waals surface area (Å²) >= 11 is 6.15. The Morgan fingerprint density at radius 1 is 1.22 bits per heavy atom. The maximum atomic E-state index is 6.15. The van der Waals surface area contributed by atoms with Gasteiger partial charge in [-0.2, -0.15) is 0 Å². The summed E-state index contributed by atoms with van der Waals surface area (Å²) in [4.78, 5) is 8.83. The van der Waals surface area contributed by atoms with Crippen LogP contribution in [0.15, 0.2) is 0 Å². The van der Waals surface area contributed by atoms with E-state index in [9.17, 15) is 0 Å². The van der Waals surface area contributed by atoms with Crippen LogP contribution in [-0.4, -0.2) is 16.0 Å². The lowest BCUT2D eigenvalue weighted by Crippen LogP contribution is -2.27. The van der Waals surface area contributed by atoms with Crippen molar-refractivity contribution in [3.8, 4) is 0 Å². The highest BCUT2D eigenvalue weighted by molar-refractivity contribution is 6.31. The van der Waals surface area contributed by atoms with E-state index in [1.165, 1.54) is 32.1 Å². The zero-order valence-electron chi connectivity index (χ0n) is 11.5. The van der Waals surface area contributed by atoms with E-state index in [0.29, 0.717) is 11.2 Å². The Labute approximate surface area is 114 Å². The normalized spacial score (nSPS) is 24.0. The highest BCUT2D eigenvalue weighted by Crippen LogP contribution is 2.29. The van der Waals surface area contributed by atoms with Crippen molar-refractivity contribution in [1.29, 1.82) is 0 Å². The largest absolute Gasteiger partial charge is 0.365 e. The van der Waals surface area contributed by atoms with Crippen LogP contribution in [-0.2, 0) is 0 Å². The van der Waals surface area contributed by atoms with Crippen LogP contribution in [0, 0.1) is 19.8 Å². The summed E-state index contributed by atoms with van der Waals surface area (Å²) in [6.07, 6.45) is 6.36. The van der Waals surface area contributed by atoms with Gasteiger partial charge in [0.2, 0.25) is 0 Å². The molecular formula is C14H22ClN3. The fourth-order valence-corrected chi connectivity index (χ4v) is 2.88. The second kappa shape index (κ2) is 5.87. The Morgan fingerprint density at radius 2 is 1.94 bits per heavy atom. The Hall–Kier alpha value is -0.830. The molecule has 1 fully saturated rings. The molecule has 100 valence electrons. The standard InChI is InChI=1S/C14H22ClN3/c1-4-11-6-5-7-12(8-11)18-14-13(15)16-9(2)10(3)17-14/h11-12H,4-8H2,1-3H3,(H,17,18). The summed E-state index contributed by atoms with van der Waals surface area (Å²) < 4.78 is 0. The molecule has 0 spiro atoms. The lowest BCUT2D eigenvalue weighted by Gasteiger charge is -2.29. The molecule has 1 heterocycles. The maximum absolute atomic E-state index is 6.15. The highest BCUT2D eigenvalue weighted by Gasteiger charge is 2.22. The van der Waals surface area contributed by atoms with E-state index in [4.69, 9.17) is 11.6 Å². The summed E-state index contributed by atoms with van der Waals surface area (Å²) in [6, 6.07) is 0.498. The number of nitrogens with one attached hydrogen (secondary N) is 1. The lowest BCUT2D eigenvalue weighted by molar-refractivity contribution is 0.327. The van der Waals surface area contributed by atoms with Crippen LogP contribution in [0.5, 0.6) is 0 Å². The third-order valence-electron chi connectivity index (χ3n) is 3.97. The molecule has 2 unspecified atom stereocenters. The number of rotatable bonds is 3. The van der Waals surface area contributed by atoms with E-state index in [2.05, 4.69) is 22.2 Å². The van der Waals surface area contributed by atoms with Crippen LogP contribution in [0.3, 0.4) is 0 Å². The molecule has 4 heteroatoms. The summed E-state index contributed by atoms with van der Waals surface area (Å²) in [7, 11) is 0. The van der Waals surface area contributed by atoms with Gasteiger partial charge in [-0.1, -0.05) is 37.8 Å². The zero-order valence-corrected chi connectivity index (χ0v) is 12.2. The first-order valence-corrected chi connectivity index (χ1v) is 7.25. The predicted octanol–water partition coefficient (Wildman–Crippen LogP) is 4.13. The minimum Gasteiger partial charge on any atom is -0.365 e. The minimum atomic E-state index is 0.497. The number of hydrogen-bond acceptors (Lipinski definition) is 3. The molecule has 0 aliphatic heterocycles. The van der Waals surface area contributed by atoms with Gasteiger partial charge in [0.1, 0.15) is 0 Å². The van der Waals surface area contributed by atoms with Crippen molar-refractivity contribution in [3.63, 3.8) is 0 Å². The Balaban J connectivity index is 2.07. The molecule has 1 aromatic heterocycles. The molecule has 2 atom stereocenters. The molecule has 1 aliphatic rings. The SMILES string of the molecule is CCC1CCCC(Nc2nc(C)c(C)nc2Cl)C1. The summed E-state index contributed by atoms with van der Waals surface area (Å²) in [6.45, 7) is 6.18. The molecule has 0 bridgehead atoms. The number of halogens is 1. The van der Waals surface area contributed by atoms with Gasteiger partial charge in [-0.3, -0.25) is 0 Å². The van der Waals surface area contributed by atoms with Gasteiger partial charge in [0.25, 0.3) is 0 Å². The Morgan fingerprint density at radius 3 is 2.67 bits per heavy atom. The molecule has 0 radical (unpaired) electrons. The van der Waals surface area contributed by atoms with E-state index in [0.717, 1.165) is 23.1 Å². The predicted molar refractivity (Wildman–Crippen MR) is 76.2 cm³/mol. The van der Waals surface area contributed by atoms with Gasteiger partial charge < -0.3 is 5.32 Å². The summed E-state index contributed by atoms with van der Waals surface area (Å²) in [5.74, 6) is 1.59. The van der Waals surface area contributed by atoms with Crippen molar-refractivity contribution in [2.75, 3.05) is 5.32 Å². The quantitative estimate of drug-likeness (QED) is 0.895. The monoisotopic (exact) mass is 267 g/mol. The highest BCUT2D eigenvalue weighted by atomic mass is 35.5. The fraction of sp³-hybridized carbons (Fsp3) is 0.714. The van der Waals surface area contributed by atoms with Crippen molar-refractivity contribution < 1.29 is 0 Å².